The van der Waals surface area contributed by atoms with Gasteiger partial charge in [0.05, 0.1) is 26.0 Å². The van der Waals surface area contributed by atoms with Gasteiger partial charge in [-0.15, -0.1) is 5.10 Å². The third-order valence-corrected chi connectivity index (χ3v) is 3.67. The van der Waals surface area contributed by atoms with Crippen molar-refractivity contribution >= 4 is 17.7 Å². The number of nitrogens with zero attached hydrogens (tertiary/aromatic N) is 4. The standard InChI is InChI=1S/C15H17ClN4O3/c16-13-3-1-2-12(8-13)9-20-10-14(17-18-20)11-23-15(21)19-4-6-22-7-5-19/h1-3,8,10H,4-7,9,11H2. The molecular formula is C15H17ClN4O3. The number of benzene rings is 1. The number of morpholine rings is 1. The molecule has 1 aliphatic heterocycles. The summed E-state index contributed by atoms with van der Waals surface area (Å²) in [7, 11) is 0. The van der Waals surface area contributed by atoms with Crippen LogP contribution < -0.4 is 0 Å². The van der Waals surface area contributed by atoms with Gasteiger partial charge in [0.25, 0.3) is 0 Å². The molecule has 0 atom stereocenters. The van der Waals surface area contributed by atoms with Gasteiger partial charge in [0, 0.05) is 18.1 Å². The number of carbonyl (C=O) groups is 1. The molecule has 0 radical (unpaired) electrons. The summed E-state index contributed by atoms with van der Waals surface area (Å²) in [6.45, 7) is 2.87. The van der Waals surface area contributed by atoms with Crippen molar-refractivity contribution in [3.8, 4) is 0 Å². The highest BCUT2D eigenvalue weighted by Gasteiger charge is 2.18. The fraction of sp³-hybridized carbons (Fsp3) is 0.400. The normalized spacial score (nSPS) is 14.7. The minimum Gasteiger partial charge on any atom is -0.443 e. The Morgan fingerprint density at radius 2 is 2.17 bits per heavy atom. The van der Waals surface area contributed by atoms with Crippen LogP contribution >= 0.6 is 11.6 Å². The average molecular weight is 337 g/mol. The largest absolute Gasteiger partial charge is 0.443 e. The Morgan fingerprint density at radius 3 is 2.96 bits per heavy atom. The maximum absolute atomic E-state index is 11.9. The number of aromatic nitrogens is 3. The summed E-state index contributed by atoms with van der Waals surface area (Å²) in [6.07, 6.45) is 1.41. The number of hydrogen-bond donors (Lipinski definition) is 0. The van der Waals surface area contributed by atoms with Crippen molar-refractivity contribution in [2.75, 3.05) is 26.3 Å². The van der Waals surface area contributed by atoms with Gasteiger partial charge in [0.15, 0.2) is 0 Å². The molecule has 0 aliphatic carbocycles. The Kier molecular flexibility index (Phi) is 5.09. The van der Waals surface area contributed by atoms with Crippen LogP contribution in [0.25, 0.3) is 0 Å². The van der Waals surface area contributed by atoms with E-state index in [2.05, 4.69) is 10.3 Å². The molecule has 0 saturated carbocycles. The zero-order valence-electron chi connectivity index (χ0n) is 12.5. The molecule has 0 spiro atoms. The third-order valence-electron chi connectivity index (χ3n) is 3.43. The van der Waals surface area contributed by atoms with Crippen LogP contribution in [0.15, 0.2) is 30.5 Å². The second kappa shape index (κ2) is 7.43. The van der Waals surface area contributed by atoms with Crippen LogP contribution in [0.3, 0.4) is 0 Å². The predicted octanol–water partition coefficient (Wildman–Crippen LogP) is 1.95. The van der Waals surface area contributed by atoms with Crippen LogP contribution in [0.2, 0.25) is 5.02 Å². The van der Waals surface area contributed by atoms with E-state index in [4.69, 9.17) is 21.1 Å². The van der Waals surface area contributed by atoms with Crippen molar-refractivity contribution in [2.45, 2.75) is 13.2 Å². The zero-order chi connectivity index (χ0) is 16.1. The van der Waals surface area contributed by atoms with Crippen LogP contribution in [0.5, 0.6) is 0 Å². The number of rotatable bonds is 4. The first kappa shape index (κ1) is 15.8. The molecule has 7 nitrogen and oxygen atoms in total. The molecule has 1 fully saturated rings. The summed E-state index contributed by atoms with van der Waals surface area (Å²) < 4.78 is 12.1. The van der Waals surface area contributed by atoms with Crippen molar-refractivity contribution < 1.29 is 14.3 Å². The van der Waals surface area contributed by atoms with Crippen molar-refractivity contribution in [3.63, 3.8) is 0 Å². The van der Waals surface area contributed by atoms with E-state index in [1.165, 1.54) is 0 Å². The fourth-order valence-electron chi connectivity index (χ4n) is 2.28. The quantitative estimate of drug-likeness (QED) is 0.853. The maximum Gasteiger partial charge on any atom is 0.410 e. The van der Waals surface area contributed by atoms with E-state index in [1.54, 1.807) is 15.8 Å². The number of carbonyl (C=O) groups excluding carboxylic acids is 1. The van der Waals surface area contributed by atoms with E-state index >= 15 is 0 Å². The lowest BCUT2D eigenvalue weighted by molar-refractivity contribution is 0.0246. The topological polar surface area (TPSA) is 69.5 Å². The lowest BCUT2D eigenvalue weighted by atomic mass is 10.2. The maximum atomic E-state index is 11.9. The van der Waals surface area contributed by atoms with Crippen LogP contribution in [-0.4, -0.2) is 52.3 Å². The highest BCUT2D eigenvalue weighted by atomic mass is 35.5. The van der Waals surface area contributed by atoms with Crippen molar-refractivity contribution in [3.05, 3.63) is 46.7 Å². The molecule has 2 aromatic rings. The van der Waals surface area contributed by atoms with E-state index in [0.29, 0.717) is 43.6 Å². The Labute approximate surface area is 138 Å². The number of halogens is 1. The lowest BCUT2D eigenvalue weighted by Crippen LogP contribution is -2.40. The fourth-order valence-corrected chi connectivity index (χ4v) is 2.49. The Hall–Kier alpha value is -2.12. The zero-order valence-corrected chi connectivity index (χ0v) is 13.3. The molecular weight excluding hydrogens is 320 g/mol. The highest BCUT2D eigenvalue weighted by Crippen LogP contribution is 2.12. The minimum absolute atomic E-state index is 0.103. The first-order chi connectivity index (χ1) is 11.2. The molecule has 1 saturated heterocycles. The van der Waals surface area contributed by atoms with Crippen molar-refractivity contribution in [1.82, 2.24) is 19.9 Å². The molecule has 0 unspecified atom stereocenters. The summed E-state index contributed by atoms with van der Waals surface area (Å²) >= 11 is 5.96. The molecule has 0 N–H and O–H groups in total. The van der Waals surface area contributed by atoms with Gasteiger partial charge in [-0.05, 0) is 17.7 Å². The third kappa shape index (κ3) is 4.43. The number of ether oxygens (including phenoxy) is 2. The SMILES string of the molecule is O=C(OCc1cn(Cc2cccc(Cl)c2)nn1)N1CCOCC1. The van der Waals surface area contributed by atoms with Crippen LogP contribution in [0.1, 0.15) is 11.3 Å². The Balaban J connectivity index is 1.52. The summed E-state index contributed by atoms with van der Waals surface area (Å²) in [5.41, 5.74) is 1.63. The summed E-state index contributed by atoms with van der Waals surface area (Å²) in [5, 5.41) is 8.72. The van der Waals surface area contributed by atoms with Gasteiger partial charge in [0.1, 0.15) is 12.3 Å². The molecule has 0 bridgehead atoms. The lowest BCUT2D eigenvalue weighted by Gasteiger charge is -2.25. The molecule has 8 heteroatoms. The highest BCUT2D eigenvalue weighted by molar-refractivity contribution is 6.30. The molecule has 1 aliphatic rings. The number of hydrogen-bond acceptors (Lipinski definition) is 5. The monoisotopic (exact) mass is 336 g/mol. The Morgan fingerprint density at radius 1 is 1.35 bits per heavy atom. The first-order valence-corrected chi connectivity index (χ1v) is 7.71. The summed E-state index contributed by atoms with van der Waals surface area (Å²) in [4.78, 5) is 13.5. The van der Waals surface area contributed by atoms with Crippen LogP contribution in [-0.2, 0) is 22.6 Å². The molecule has 23 heavy (non-hydrogen) atoms. The van der Waals surface area contributed by atoms with Gasteiger partial charge < -0.3 is 14.4 Å². The van der Waals surface area contributed by atoms with E-state index in [1.807, 2.05) is 24.3 Å². The van der Waals surface area contributed by atoms with Gasteiger partial charge in [0.2, 0.25) is 0 Å². The van der Waals surface area contributed by atoms with E-state index in [0.717, 1.165) is 5.56 Å². The van der Waals surface area contributed by atoms with Gasteiger partial charge in [-0.1, -0.05) is 28.9 Å². The second-order valence-corrected chi connectivity index (χ2v) is 5.63. The van der Waals surface area contributed by atoms with Gasteiger partial charge >= 0.3 is 6.09 Å². The molecule has 3 rings (SSSR count). The summed E-state index contributed by atoms with van der Waals surface area (Å²) in [5.74, 6) is 0. The summed E-state index contributed by atoms with van der Waals surface area (Å²) in [6, 6.07) is 7.55. The predicted molar refractivity (Wildman–Crippen MR) is 83.2 cm³/mol. The number of amides is 1. The van der Waals surface area contributed by atoms with Crippen molar-refractivity contribution in [2.24, 2.45) is 0 Å². The average Bonchev–Trinajstić information content (AvgIpc) is 3.01. The molecule has 2 heterocycles. The van der Waals surface area contributed by atoms with E-state index in [-0.39, 0.29) is 12.7 Å². The van der Waals surface area contributed by atoms with Gasteiger partial charge in [-0.25, -0.2) is 9.48 Å². The molecule has 1 aromatic carbocycles. The Bertz CT molecular complexity index is 670. The van der Waals surface area contributed by atoms with Crippen LogP contribution in [0, 0.1) is 0 Å². The first-order valence-electron chi connectivity index (χ1n) is 7.33. The van der Waals surface area contributed by atoms with Crippen LogP contribution in [0.4, 0.5) is 4.79 Å². The second-order valence-electron chi connectivity index (χ2n) is 5.19. The molecule has 122 valence electrons. The van der Waals surface area contributed by atoms with Crippen molar-refractivity contribution in [1.29, 1.82) is 0 Å². The van der Waals surface area contributed by atoms with E-state index in [9.17, 15) is 4.79 Å². The molecule has 1 amide bonds. The minimum atomic E-state index is -0.349. The molecule has 1 aromatic heterocycles. The van der Waals surface area contributed by atoms with E-state index < -0.39 is 0 Å². The van der Waals surface area contributed by atoms with Gasteiger partial charge in [-0.3, -0.25) is 0 Å². The van der Waals surface area contributed by atoms with Gasteiger partial charge in [-0.2, -0.15) is 0 Å². The smallest absolute Gasteiger partial charge is 0.410 e.